The Kier molecular flexibility index (Phi) is 8.70. The largest absolute Gasteiger partial charge is 0.481 e. The van der Waals surface area contributed by atoms with Gasteiger partial charge in [0, 0.05) is 69.9 Å². The summed E-state index contributed by atoms with van der Waals surface area (Å²) in [5.41, 5.74) is 5.84. The zero-order valence-corrected chi connectivity index (χ0v) is 23.7. The van der Waals surface area contributed by atoms with E-state index in [0.717, 1.165) is 22.3 Å². The second-order valence-corrected chi connectivity index (χ2v) is 10.8. The van der Waals surface area contributed by atoms with Gasteiger partial charge >= 0.3 is 23.9 Å². The molecule has 0 amide bonds. The van der Waals surface area contributed by atoms with E-state index in [-0.39, 0.29) is 51.4 Å². The number of carboxylic acid groups (broad SMARTS) is 4. The zero-order chi connectivity index (χ0) is 31.4. The van der Waals surface area contributed by atoms with E-state index in [4.69, 9.17) is 0 Å². The molecule has 8 N–H and O–H groups in total. The Morgan fingerprint density at radius 1 is 0.455 bits per heavy atom. The smallest absolute Gasteiger partial charge is 0.303 e. The van der Waals surface area contributed by atoms with Crippen LogP contribution in [-0.4, -0.2) is 64.2 Å². The van der Waals surface area contributed by atoms with E-state index in [2.05, 4.69) is 19.9 Å². The molecule has 8 bridgehead atoms. The van der Waals surface area contributed by atoms with Gasteiger partial charge in [-0.2, -0.15) is 0 Å². The minimum atomic E-state index is -0.929. The number of nitrogens with one attached hydrogen (secondary N) is 4. The van der Waals surface area contributed by atoms with Crippen LogP contribution in [0.4, 0.5) is 0 Å². The molecule has 1 aliphatic rings. The maximum atomic E-state index is 11.4. The van der Waals surface area contributed by atoms with Crippen LogP contribution in [0.25, 0.3) is 24.3 Å². The summed E-state index contributed by atoms with van der Waals surface area (Å²) in [7, 11) is 0. The number of aromatic amines is 4. The third kappa shape index (κ3) is 7.46. The molecule has 4 aromatic heterocycles. The summed E-state index contributed by atoms with van der Waals surface area (Å²) in [6.45, 7) is 0. The van der Waals surface area contributed by atoms with Gasteiger partial charge in [0.25, 0.3) is 0 Å². The van der Waals surface area contributed by atoms with Crippen molar-refractivity contribution in [3.63, 3.8) is 0 Å². The summed E-state index contributed by atoms with van der Waals surface area (Å²) in [4.78, 5) is 58.9. The fourth-order valence-corrected chi connectivity index (χ4v) is 5.39. The normalized spacial score (nSPS) is 12.0. The first-order valence-electron chi connectivity index (χ1n) is 14.2. The zero-order valence-electron chi connectivity index (χ0n) is 23.7. The Morgan fingerprint density at radius 3 is 1.14 bits per heavy atom. The lowest BCUT2D eigenvalue weighted by atomic mass is 10.1. The lowest BCUT2D eigenvalue weighted by Crippen LogP contribution is -2.14. The van der Waals surface area contributed by atoms with E-state index in [0.29, 0.717) is 44.2 Å². The molecule has 0 spiro atoms. The molecule has 44 heavy (non-hydrogen) atoms. The summed E-state index contributed by atoms with van der Waals surface area (Å²) in [6, 6.07) is 7.45. The highest BCUT2D eigenvalue weighted by Gasteiger charge is 2.13. The standard InChI is InChI=1S/C32H32N4O8/c37-29(38)5-1-17-9-21-14-26-19(3-7-31(41)42)11-23(35-26)16-28-20(4-8-32(43)44)12-24(36-28)15-27-18(2-6-30(39)40)10-22(34-27)13-25(17)33-21/h9-16,33-36H,1-8H2,(H,37,38)(H,39,40)(H,41,42)(H,43,44). The Morgan fingerprint density at radius 2 is 0.795 bits per heavy atom. The lowest BCUT2D eigenvalue weighted by Gasteiger charge is -1.96. The van der Waals surface area contributed by atoms with E-state index >= 15 is 0 Å². The number of carbonyl (C=O) groups is 4. The van der Waals surface area contributed by atoms with E-state index in [1.54, 1.807) is 0 Å². The Hall–Kier alpha value is -5.52. The molecule has 0 saturated carbocycles. The number of aryl methyl sites for hydroxylation is 4. The number of fused-ring (bicyclic) bond motifs is 8. The highest BCUT2D eigenvalue weighted by Crippen LogP contribution is 2.17. The fraction of sp³-hybridized carbons (Fsp3) is 0.250. The third-order valence-corrected chi connectivity index (χ3v) is 7.45. The minimum absolute atomic E-state index is 0.0730. The van der Waals surface area contributed by atoms with Gasteiger partial charge in [-0.1, -0.05) is 0 Å². The molecule has 0 unspecified atom stereocenters. The first-order valence-corrected chi connectivity index (χ1v) is 14.2. The van der Waals surface area contributed by atoms with E-state index in [1.165, 1.54) is 0 Å². The molecule has 1 aliphatic heterocycles. The van der Waals surface area contributed by atoms with Crippen molar-refractivity contribution < 1.29 is 39.6 Å². The Labute approximate surface area is 249 Å². The molecule has 0 fully saturated rings. The van der Waals surface area contributed by atoms with Crippen molar-refractivity contribution in [3.8, 4) is 0 Å². The summed E-state index contributed by atoms with van der Waals surface area (Å²) >= 11 is 0. The second-order valence-electron chi connectivity index (χ2n) is 10.8. The molecule has 12 heteroatoms. The van der Waals surface area contributed by atoms with E-state index < -0.39 is 23.9 Å². The molecule has 0 aliphatic carbocycles. The predicted molar refractivity (Wildman–Crippen MR) is 160 cm³/mol. The molecular weight excluding hydrogens is 568 g/mol. The topological polar surface area (TPSA) is 212 Å². The van der Waals surface area contributed by atoms with Crippen LogP contribution in [0.1, 0.15) is 70.7 Å². The highest BCUT2D eigenvalue weighted by molar-refractivity contribution is 5.69. The number of H-pyrrole nitrogens is 4. The Bertz CT molecular complexity index is 1860. The molecule has 5 heterocycles. The van der Waals surface area contributed by atoms with Crippen LogP contribution in [0.2, 0.25) is 0 Å². The average molecular weight is 601 g/mol. The minimum Gasteiger partial charge on any atom is -0.481 e. The van der Waals surface area contributed by atoms with Gasteiger partial charge in [0.15, 0.2) is 0 Å². The van der Waals surface area contributed by atoms with Crippen LogP contribution in [0.5, 0.6) is 0 Å². The number of hydrogen-bond donors (Lipinski definition) is 8. The molecule has 0 saturated heterocycles. The fourth-order valence-electron chi connectivity index (χ4n) is 5.39. The number of aliphatic carboxylic acids is 4. The van der Waals surface area contributed by atoms with Crippen molar-refractivity contribution in [3.05, 3.63) is 90.7 Å². The van der Waals surface area contributed by atoms with Crippen LogP contribution >= 0.6 is 0 Å². The Balaban J connectivity index is 1.76. The number of aromatic nitrogens is 4. The van der Waals surface area contributed by atoms with E-state index in [1.807, 2.05) is 48.6 Å². The van der Waals surface area contributed by atoms with Gasteiger partial charge in [-0.3, -0.25) is 19.2 Å². The maximum Gasteiger partial charge on any atom is 0.303 e. The molecule has 5 rings (SSSR count). The second kappa shape index (κ2) is 12.8. The molecule has 0 atom stereocenters. The quantitative estimate of drug-likeness (QED) is 0.102. The van der Waals surface area contributed by atoms with Crippen molar-refractivity contribution >= 4 is 48.2 Å². The van der Waals surface area contributed by atoms with E-state index in [9.17, 15) is 39.6 Å². The van der Waals surface area contributed by atoms with Crippen LogP contribution < -0.4 is 21.4 Å². The predicted octanol–water partition coefficient (Wildman–Crippen LogP) is 0.696. The first kappa shape index (κ1) is 30.0. The summed E-state index contributed by atoms with van der Waals surface area (Å²) < 4.78 is 0. The van der Waals surface area contributed by atoms with Crippen molar-refractivity contribution in [1.29, 1.82) is 0 Å². The molecule has 0 radical (unpaired) electrons. The van der Waals surface area contributed by atoms with Crippen molar-refractivity contribution in [2.24, 2.45) is 0 Å². The third-order valence-electron chi connectivity index (χ3n) is 7.45. The van der Waals surface area contributed by atoms with Crippen LogP contribution in [-0.2, 0) is 44.9 Å². The SMILES string of the molecule is O=C(O)CCc1cc2[nH]c1C=c1cc(CCC(=O)O)c([nH]1)=Cc1cc(CCC(=O)O)c([nH]1)C=c1cc(CCC(=O)O)c([nH]1)=C2. The summed E-state index contributed by atoms with van der Waals surface area (Å²) in [5, 5.41) is 40.0. The van der Waals surface area contributed by atoms with Gasteiger partial charge in [0.05, 0.1) is 0 Å². The highest BCUT2D eigenvalue weighted by atomic mass is 16.4. The number of rotatable bonds is 12. The van der Waals surface area contributed by atoms with Crippen molar-refractivity contribution in [2.75, 3.05) is 0 Å². The lowest BCUT2D eigenvalue weighted by molar-refractivity contribution is -0.138. The average Bonchev–Trinajstić information content (AvgIpc) is 3.70. The maximum absolute atomic E-state index is 11.4. The van der Waals surface area contributed by atoms with Crippen molar-refractivity contribution in [1.82, 2.24) is 19.9 Å². The number of hydrogen-bond acceptors (Lipinski definition) is 4. The molecule has 4 aromatic rings. The number of carboxylic acids is 4. The van der Waals surface area contributed by atoms with Gasteiger partial charge in [0.2, 0.25) is 0 Å². The first-order chi connectivity index (χ1) is 21.0. The monoisotopic (exact) mass is 600 g/mol. The van der Waals surface area contributed by atoms with Gasteiger partial charge in [0.1, 0.15) is 0 Å². The molecular formula is C32H32N4O8. The molecule has 12 nitrogen and oxygen atoms in total. The van der Waals surface area contributed by atoms with Crippen LogP contribution in [0.3, 0.4) is 0 Å². The van der Waals surface area contributed by atoms with Gasteiger partial charge in [-0.25, -0.2) is 0 Å². The van der Waals surface area contributed by atoms with Crippen molar-refractivity contribution in [2.45, 2.75) is 51.4 Å². The summed E-state index contributed by atoms with van der Waals surface area (Å²) in [6.07, 6.45) is 8.19. The summed E-state index contributed by atoms with van der Waals surface area (Å²) in [5.74, 6) is -3.71. The van der Waals surface area contributed by atoms with Crippen LogP contribution in [0, 0.1) is 0 Å². The molecule has 0 aromatic carbocycles. The van der Waals surface area contributed by atoms with Gasteiger partial charge < -0.3 is 40.4 Å². The molecule has 228 valence electrons. The van der Waals surface area contributed by atoms with Gasteiger partial charge in [-0.15, -0.1) is 0 Å². The van der Waals surface area contributed by atoms with Gasteiger partial charge in [-0.05, 0) is 96.5 Å². The van der Waals surface area contributed by atoms with Crippen LogP contribution in [0.15, 0.2) is 24.3 Å².